The fourth-order valence-electron chi connectivity index (χ4n) is 2.26. The van der Waals surface area contributed by atoms with Crippen LogP contribution in [0, 0.1) is 11.8 Å². The van der Waals surface area contributed by atoms with Crippen LogP contribution in [0.25, 0.3) is 0 Å². The fourth-order valence-corrected chi connectivity index (χ4v) is 2.67. The van der Waals surface area contributed by atoms with Gasteiger partial charge in [-0.05, 0) is 48.2 Å². The lowest BCUT2D eigenvalue weighted by molar-refractivity contribution is 1.10. The van der Waals surface area contributed by atoms with Crippen LogP contribution in [-0.4, -0.2) is 6.26 Å². The molecule has 2 aromatic rings. The van der Waals surface area contributed by atoms with Gasteiger partial charge >= 0.3 is 0 Å². The summed E-state index contributed by atoms with van der Waals surface area (Å²) in [5.41, 5.74) is 3.42. The largest absolute Gasteiger partial charge is 0.130 e. The number of allylic oxidation sites excluding steroid dienone is 4. The van der Waals surface area contributed by atoms with Crippen LogP contribution in [0.5, 0.6) is 0 Å². The molecule has 0 nitrogen and oxygen atoms in total. The average Bonchev–Trinajstić information content (AvgIpc) is 3.08. The summed E-state index contributed by atoms with van der Waals surface area (Å²) >= 11 is 1.75. The van der Waals surface area contributed by atoms with Crippen LogP contribution < -0.4 is 0 Å². The standard InChI is InChI=1S/C20H16S/c1-21-20-14-10-17(11-15-20)7-6-16-8-12-19(13-9-16)18-4-2-3-5-18/h2-5,8-15,18H,1H3. The molecule has 0 unspecified atom stereocenters. The van der Waals surface area contributed by atoms with E-state index in [-0.39, 0.29) is 0 Å². The zero-order chi connectivity index (χ0) is 14.5. The smallest absolute Gasteiger partial charge is 0.0249 e. The predicted octanol–water partition coefficient (Wildman–Crippen LogP) is 5.02. The maximum absolute atomic E-state index is 3.22. The quantitative estimate of drug-likeness (QED) is 0.552. The van der Waals surface area contributed by atoms with E-state index < -0.39 is 0 Å². The Morgan fingerprint density at radius 2 is 1.29 bits per heavy atom. The SMILES string of the molecule is CSc1ccc(C#Cc2ccc(C3C=CC=C3)cc2)cc1. The second-order valence-corrected chi connectivity index (χ2v) is 5.78. The summed E-state index contributed by atoms with van der Waals surface area (Å²) in [7, 11) is 0. The molecule has 0 aromatic heterocycles. The zero-order valence-corrected chi connectivity index (χ0v) is 12.7. The van der Waals surface area contributed by atoms with Crippen molar-refractivity contribution in [3.63, 3.8) is 0 Å². The summed E-state index contributed by atoms with van der Waals surface area (Å²) in [5, 5.41) is 0. The van der Waals surface area contributed by atoms with Gasteiger partial charge in [-0.3, -0.25) is 0 Å². The molecule has 0 amide bonds. The Kier molecular flexibility index (Phi) is 4.28. The number of hydrogen-bond acceptors (Lipinski definition) is 1. The Bertz CT molecular complexity index is 710. The third-order valence-electron chi connectivity index (χ3n) is 3.48. The summed E-state index contributed by atoms with van der Waals surface area (Å²) in [4.78, 5) is 1.27. The van der Waals surface area contributed by atoms with E-state index in [4.69, 9.17) is 0 Å². The van der Waals surface area contributed by atoms with Crippen molar-refractivity contribution in [2.75, 3.05) is 6.26 Å². The minimum absolute atomic E-state index is 0.422. The Morgan fingerprint density at radius 1 is 0.762 bits per heavy atom. The fraction of sp³-hybridized carbons (Fsp3) is 0.100. The van der Waals surface area contributed by atoms with Crippen molar-refractivity contribution in [1.29, 1.82) is 0 Å². The molecule has 3 rings (SSSR count). The van der Waals surface area contributed by atoms with Crippen molar-refractivity contribution in [3.05, 3.63) is 89.5 Å². The highest BCUT2D eigenvalue weighted by Gasteiger charge is 2.05. The molecule has 0 saturated heterocycles. The summed E-state index contributed by atoms with van der Waals surface area (Å²) in [6, 6.07) is 16.9. The number of hydrogen-bond donors (Lipinski definition) is 0. The van der Waals surface area contributed by atoms with Crippen molar-refractivity contribution in [3.8, 4) is 11.8 Å². The number of benzene rings is 2. The van der Waals surface area contributed by atoms with E-state index in [0.29, 0.717) is 5.92 Å². The van der Waals surface area contributed by atoms with Gasteiger partial charge in [0.15, 0.2) is 0 Å². The minimum Gasteiger partial charge on any atom is -0.130 e. The van der Waals surface area contributed by atoms with Crippen LogP contribution in [0.3, 0.4) is 0 Å². The molecule has 21 heavy (non-hydrogen) atoms. The van der Waals surface area contributed by atoms with E-state index >= 15 is 0 Å². The van der Waals surface area contributed by atoms with Crippen LogP contribution in [0.1, 0.15) is 22.6 Å². The van der Waals surface area contributed by atoms with Gasteiger partial charge in [-0.2, -0.15) is 0 Å². The molecule has 0 aliphatic heterocycles. The van der Waals surface area contributed by atoms with E-state index in [2.05, 4.69) is 90.9 Å². The van der Waals surface area contributed by atoms with Gasteiger partial charge in [-0.1, -0.05) is 48.3 Å². The summed E-state index contributed by atoms with van der Waals surface area (Å²) in [6.45, 7) is 0. The molecule has 2 aromatic carbocycles. The molecule has 1 aliphatic rings. The van der Waals surface area contributed by atoms with Crippen LogP contribution >= 0.6 is 11.8 Å². The second-order valence-electron chi connectivity index (χ2n) is 4.90. The van der Waals surface area contributed by atoms with Crippen molar-refractivity contribution < 1.29 is 0 Å². The molecule has 0 atom stereocenters. The van der Waals surface area contributed by atoms with Crippen LogP contribution in [0.15, 0.2) is 77.7 Å². The first kappa shape index (κ1) is 13.8. The highest BCUT2D eigenvalue weighted by molar-refractivity contribution is 7.98. The summed E-state index contributed by atoms with van der Waals surface area (Å²) < 4.78 is 0. The van der Waals surface area contributed by atoms with Crippen LogP contribution in [-0.2, 0) is 0 Å². The highest BCUT2D eigenvalue weighted by atomic mass is 32.2. The molecule has 0 fully saturated rings. The normalized spacial score (nSPS) is 13.2. The molecule has 0 heterocycles. The van der Waals surface area contributed by atoms with Crippen LogP contribution in [0.2, 0.25) is 0 Å². The second kappa shape index (κ2) is 6.52. The third-order valence-corrected chi connectivity index (χ3v) is 4.23. The molecule has 0 N–H and O–H groups in total. The Morgan fingerprint density at radius 3 is 1.81 bits per heavy atom. The van der Waals surface area contributed by atoms with Gasteiger partial charge in [0.05, 0.1) is 0 Å². The molecular weight excluding hydrogens is 272 g/mol. The van der Waals surface area contributed by atoms with Crippen molar-refractivity contribution >= 4 is 11.8 Å². The summed E-state index contributed by atoms with van der Waals surface area (Å²) in [5.74, 6) is 6.86. The first-order valence-electron chi connectivity index (χ1n) is 6.96. The Balaban J connectivity index is 1.74. The molecule has 0 spiro atoms. The van der Waals surface area contributed by atoms with E-state index in [9.17, 15) is 0 Å². The van der Waals surface area contributed by atoms with E-state index in [1.165, 1.54) is 10.5 Å². The Hall–Kier alpha value is -2.17. The van der Waals surface area contributed by atoms with Gasteiger partial charge in [-0.15, -0.1) is 11.8 Å². The summed E-state index contributed by atoms with van der Waals surface area (Å²) in [6.07, 6.45) is 10.7. The molecule has 0 bridgehead atoms. The van der Waals surface area contributed by atoms with Crippen LogP contribution in [0.4, 0.5) is 0 Å². The minimum atomic E-state index is 0.422. The maximum atomic E-state index is 3.22. The lowest BCUT2D eigenvalue weighted by Gasteiger charge is -2.05. The third kappa shape index (κ3) is 3.48. The van der Waals surface area contributed by atoms with E-state index in [0.717, 1.165) is 11.1 Å². The van der Waals surface area contributed by atoms with Gasteiger partial charge in [0, 0.05) is 21.9 Å². The number of thioether (sulfide) groups is 1. The highest BCUT2D eigenvalue weighted by Crippen LogP contribution is 2.22. The molecule has 1 aliphatic carbocycles. The lowest BCUT2D eigenvalue weighted by Crippen LogP contribution is -1.88. The molecule has 102 valence electrons. The Labute approximate surface area is 130 Å². The first-order chi connectivity index (χ1) is 10.3. The number of rotatable bonds is 2. The van der Waals surface area contributed by atoms with Gasteiger partial charge < -0.3 is 0 Å². The molecular formula is C20H16S. The van der Waals surface area contributed by atoms with Gasteiger partial charge in [-0.25, -0.2) is 0 Å². The molecule has 0 radical (unpaired) electrons. The predicted molar refractivity (Wildman–Crippen MR) is 91.7 cm³/mol. The van der Waals surface area contributed by atoms with E-state index in [1.54, 1.807) is 11.8 Å². The average molecular weight is 288 g/mol. The zero-order valence-electron chi connectivity index (χ0n) is 11.9. The van der Waals surface area contributed by atoms with Crippen molar-refractivity contribution in [2.24, 2.45) is 0 Å². The van der Waals surface area contributed by atoms with Crippen molar-refractivity contribution in [2.45, 2.75) is 10.8 Å². The molecule has 0 saturated carbocycles. The molecule has 1 heteroatoms. The topological polar surface area (TPSA) is 0 Å². The first-order valence-corrected chi connectivity index (χ1v) is 8.19. The maximum Gasteiger partial charge on any atom is 0.0249 e. The van der Waals surface area contributed by atoms with E-state index in [1.807, 2.05) is 0 Å². The van der Waals surface area contributed by atoms with Gasteiger partial charge in [0.25, 0.3) is 0 Å². The van der Waals surface area contributed by atoms with Crippen molar-refractivity contribution in [1.82, 2.24) is 0 Å². The van der Waals surface area contributed by atoms with Gasteiger partial charge in [0.1, 0.15) is 0 Å². The van der Waals surface area contributed by atoms with Gasteiger partial charge in [0.2, 0.25) is 0 Å². The monoisotopic (exact) mass is 288 g/mol. The lowest BCUT2D eigenvalue weighted by atomic mass is 10.00.